The monoisotopic (exact) mass is 249 g/mol. The summed E-state index contributed by atoms with van der Waals surface area (Å²) >= 11 is 5.78. The number of rotatable bonds is 2. The number of nitrogens with zero attached hydrogens (tertiary/aromatic N) is 1. The number of phenols is 1. The molecule has 0 saturated carbocycles. The minimum atomic E-state index is -0.453. The van der Waals surface area contributed by atoms with E-state index in [1.165, 1.54) is 18.2 Å². The molecule has 2 rings (SSSR count). The Hall–Kier alpha value is -2.07. The standard InChI is InChI=1S/C12H8ClNO3/c13-11-7-9(4-5-12(11)15)8-2-1-3-10(6-8)14(16)17/h1-7,15H. The summed E-state index contributed by atoms with van der Waals surface area (Å²) < 4.78 is 0. The van der Waals surface area contributed by atoms with Crippen LogP contribution in [0.3, 0.4) is 0 Å². The molecule has 0 aliphatic carbocycles. The van der Waals surface area contributed by atoms with Crippen LogP contribution in [0.15, 0.2) is 42.5 Å². The Kier molecular flexibility index (Phi) is 2.97. The van der Waals surface area contributed by atoms with Crippen LogP contribution < -0.4 is 0 Å². The molecule has 0 atom stereocenters. The van der Waals surface area contributed by atoms with Gasteiger partial charge in [-0.1, -0.05) is 29.8 Å². The predicted molar refractivity (Wildman–Crippen MR) is 65.2 cm³/mol. The molecule has 0 aromatic heterocycles. The van der Waals surface area contributed by atoms with Crippen LogP contribution in [0, 0.1) is 10.1 Å². The second kappa shape index (κ2) is 4.43. The summed E-state index contributed by atoms with van der Waals surface area (Å²) in [5.41, 5.74) is 1.42. The molecule has 86 valence electrons. The van der Waals surface area contributed by atoms with Gasteiger partial charge in [0.1, 0.15) is 5.75 Å². The smallest absolute Gasteiger partial charge is 0.270 e. The predicted octanol–water partition coefficient (Wildman–Crippen LogP) is 3.62. The quantitative estimate of drug-likeness (QED) is 0.653. The van der Waals surface area contributed by atoms with Gasteiger partial charge < -0.3 is 5.11 Å². The topological polar surface area (TPSA) is 63.4 Å². The third-order valence-electron chi connectivity index (χ3n) is 2.34. The van der Waals surface area contributed by atoms with Crippen LogP contribution in [0.1, 0.15) is 0 Å². The van der Waals surface area contributed by atoms with E-state index in [4.69, 9.17) is 11.6 Å². The number of non-ortho nitro benzene ring substituents is 1. The van der Waals surface area contributed by atoms with E-state index in [1.54, 1.807) is 24.3 Å². The summed E-state index contributed by atoms with van der Waals surface area (Å²) in [6, 6.07) is 10.9. The van der Waals surface area contributed by atoms with Crippen molar-refractivity contribution in [1.29, 1.82) is 0 Å². The fourth-order valence-electron chi connectivity index (χ4n) is 1.49. The molecule has 0 spiro atoms. The first-order valence-corrected chi connectivity index (χ1v) is 5.19. The number of phenolic OH excluding ortho intramolecular Hbond substituents is 1. The number of aromatic hydroxyl groups is 1. The highest BCUT2D eigenvalue weighted by Crippen LogP contribution is 2.30. The maximum atomic E-state index is 10.6. The summed E-state index contributed by atoms with van der Waals surface area (Å²) in [5.74, 6) is -0.0131. The highest BCUT2D eigenvalue weighted by atomic mass is 35.5. The molecule has 0 fully saturated rings. The minimum Gasteiger partial charge on any atom is -0.506 e. The molecule has 0 bridgehead atoms. The Balaban J connectivity index is 2.49. The van der Waals surface area contributed by atoms with E-state index in [2.05, 4.69) is 0 Å². The van der Waals surface area contributed by atoms with Crippen molar-refractivity contribution >= 4 is 17.3 Å². The van der Waals surface area contributed by atoms with Gasteiger partial charge in [-0.05, 0) is 23.3 Å². The van der Waals surface area contributed by atoms with Gasteiger partial charge >= 0.3 is 0 Å². The van der Waals surface area contributed by atoms with Gasteiger partial charge in [0, 0.05) is 12.1 Å². The summed E-state index contributed by atoms with van der Waals surface area (Å²) in [7, 11) is 0. The van der Waals surface area contributed by atoms with Crippen LogP contribution in [-0.2, 0) is 0 Å². The van der Waals surface area contributed by atoms with E-state index in [9.17, 15) is 15.2 Å². The molecule has 5 heteroatoms. The molecule has 0 aliphatic rings. The van der Waals surface area contributed by atoms with Crippen molar-refractivity contribution < 1.29 is 10.0 Å². The molecule has 2 aromatic rings. The molecule has 0 aliphatic heterocycles. The van der Waals surface area contributed by atoms with E-state index in [-0.39, 0.29) is 16.5 Å². The Morgan fingerprint density at radius 2 is 1.82 bits per heavy atom. The van der Waals surface area contributed by atoms with Gasteiger partial charge in [0.05, 0.1) is 9.95 Å². The third-order valence-corrected chi connectivity index (χ3v) is 2.64. The van der Waals surface area contributed by atoms with Crippen LogP contribution in [0.2, 0.25) is 5.02 Å². The van der Waals surface area contributed by atoms with Crippen LogP contribution in [0.25, 0.3) is 11.1 Å². The van der Waals surface area contributed by atoms with E-state index in [0.717, 1.165) is 5.56 Å². The van der Waals surface area contributed by atoms with Crippen LogP contribution in [-0.4, -0.2) is 10.0 Å². The summed E-state index contributed by atoms with van der Waals surface area (Å²) in [6.07, 6.45) is 0. The van der Waals surface area contributed by atoms with Crippen LogP contribution >= 0.6 is 11.6 Å². The van der Waals surface area contributed by atoms with E-state index in [0.29, 0.717) is 5.56 Å². The Morgan fingerprint density at radius 1 is 1.12 bits per heavy atom. The fraction of sp³-hybridized carbons (Fsp3) is 0. The normalized spacial score (nSPS) is 10.2. The lowest BCUT2D eigenvalue weighted by Gasteiger charge is -2.03. The molecule has 2 aromatic carbocycles. The zero-order valence-corrected chi connectivity index (χ0v) is 9.39. The van der Waals surface area contributed by atoms with Crippen molar-refractivity contribution in [3.63, 3.8) is 0 Å². The van der Waals surface area contributed by atoms with E-state index >= 15 is 0 Å². The van der Waals surface area contributed by atoms with Gasteiger partial charge in [0.15, 0.2) is 0 Å². The lowest BCUT2D eigenvalue weighted by atomic mass is 10.1. The highest BCUT2D eigenvalue weighted by molar-refractivity contribution is 6.32. The van der Waals surface area contributed by atoms with Gasteiger partial charge in [0.25, 0.3) is 5.69 Å². The third kappa shape index (κ3) is 2.37. The van der Waals surface area contributed by atoms with Crippen molar-refractivity contribution in [2.24, 2.45) is 0 Å². The zero-order valence-electron chi connectivity index (χ0n) is 8.63. The summed E-state index contributed by atoms with van der Waals surface area (Å²) in [6.45, 7) is 0. The molecule has 0 amide bonds. The Bertz CT molecular complexity index is 584. The lowest BCUT2D eigenvalue weighted by Crippen LogP contribution is -1.88. The van der Waals surface area contributed by atoms with Crippen molar-refractivity contribution in [1.82, 2.24) is 0 Å². The average molecular weight is 250 g/mol. The van der Waals surface area contributed by atoms with Gasteiger partial charge in [-0.2, -0.15) is 0 Å². The second-order valence-corrected chi connectivity index (χ2v) is 3.88. The molecule has 4 nitrogen and oxygen atoms in total. The van der Waals surface area contributed by atoms with Crippen molar-refractivity contribution in [3.05, 3.63) is 57.6 Å². The molecule has 0 heterocycles. The maximum absolute atomic E-state index is 10.6. The molecular formula is C12H8ClNO3. The van der Waals surface area contributed by atoms with Gasteiger partial charge in [-0.15, -0.1) is 0 Å². The van der Waals surface area contributed by atoms with E-state index in [1.807, 2.05) is 0 Å². The first-order chi connectivity index (χ1) is 8.08. The zero-order chi connectivity index (χ0) is 12.4. The first kappa shape index (κ1) is 11.4. The number of benzene rings is 2. The van der Waals surface area contributed by atoms with Crippen molar-refractivity contribution in [2.45, 2.75) is 0 Å². The number of halogens is 1. The molecule has 0 saturated heterocycles. The van der Waals surface area contributed by atoms with Crippen LogP contribution in [0.5, 0.6) is 5.75 Å². The van der Waals surface area contributed by atoms with E-state index < -0.39 is 4.92 Å². The Morgan fingerprint density at radius 3 is 2.47 bits per heavy atom. The fourth-order valence-corrected chi connectivity index (χ4v) is 1.67. The second-order valence-electron chi connectivity index (χ2n) is 3.47. The first-order valence-electron chi connectivity index (χ1n) is 4.81. The number of hydrogen-bond acceptors (Lipinski definition) is 3. The lowest BCUT2D eigenvalue weighted by molar-refractivity contribution is -0.384. The summed E-state index contributed by atoms with van der Waals surface area (Å²) in [5, 5.41) is 20.2. The highest BCUT2D eigenvalue weighted by Gasteiger charge is 2.08. The van der Waals surface area contributed by atoms with Crippen molar-refractivity contribution in [2.75, 3.05) is 0 Å². The number of hydrogen-bond donors (Lipinski definition) is 1. The molecule has 0 radical (unpaired) electrons. The minimum absolute atomic E-state index is 0.0131. The maximum Gasteiger partial charge on any atom is 0.270 e. The number of nitro benzene ring substituents is 1. The molecular weight excluding hydrogens is 242 g/mol. The molecule has 17 heavy (non-hydrogen) atoms. The SMILES string of the molecule is O=[N+]([O-])c1cccc(-c2ccc(O)c(Cl)c2)c1. The average Bonchev–Trinajstić information content (AvgIpc) is 2.33. The Labute approximate surface area is 102 Å². The number of nitro groups is 1. The largest absolute Gasteiger partial charge is 0.506 e. The summed E-state index contributed by atoms with van der Waals surface area (Å²) in [4.78, 5) is 10.2. The van der Waals surface area contributed by atoms with Crippen molar-refractivity contribution in [3.8, 4) is 16.9 Å². The van der Waals surface area contributed by atoms with Gasteiger partial charge in [-0.25, -0.2) is 0 Å². The molecule has 1 N–H and O–H groups in total. The van der Waals surface area contributed by atoms with Gasteiger partial charge in [0.2, 0.25) is 0 Å². The van der Waals surface area contributed by atoms with Gasteiger partial charge in [-0.3, -0.25) is 10.1 Å². The molecule has 0 unspecified atom stereocenters. The van der Waals surface area contributed by atoms with Crippen LogP contribution in [0.4, 0.5) is 5.69 Å².